The minimum absolute atomic E-state index is 0.182. The number of rotatable bonds is 8. The molecule has 0 atom stereocenters. The Labute approximate surface area is 180 Å². The number of hydrogen-bond acceptors (Lipinski definition) is 5. The van der Waals surface area contributed by atoms with E-state index in [0.717, 1.165) is 16.3 Å². The average Bonchev–Trinajstić information content (AvgIpc) is 3.27. The number of hydrogen-bond donors (Lipinski definition) is 2. The van der Waals surface area contributed by atoms with E-state index in [-0.39, 0.29) is 19.1 Å². The second kappa shape index (κ2) is 9.41. The van der Waals surface area contributed by atoms with Gasteiger partial charge in [-0.25, -0.2) is 4.68 Å². The number of nitrogens with two attached hydrogens (primary N) is 1. The molecule has 8 nitrogen and oxygen atoms in total. The van der Waals surface area contributed by atoms with Crippen LogP contribution in [0.3, 0.4) is 0 Å². The fraction of sp³-hybridized carbons (Fsp3) is 0.190. The molecule has 3 rings (SSSR count). The van der Waals surface area contributed by atoms with Crippen LogP contribution in [0.4, 0.5) is 13.2 Å². The number of amides is 2. The van der Waals surface area contributed by atoms with Crippen molar-refractivity contribution in [3.63, 3.8) is 0 Å². The molecule has 0 fully saturated rings. The van der Waals surface area contributed by atoms with E-state index in [1.807, 2.05) is 0 Å². The highest BCUT2D eigenvalue weighted by molar-refractivity contribution is 5.94. The highest BCUT2D eigenvalue weighted by Gasteiger charge is 2.33. The molecule has 2 amide bonds. The van der Waals surface area contributed by atoms with Crippen LogP contribution in [-0.2, 0) is 17.5 Å². The van der Waals surface area contributed by atoms with Crippen LogP contribution >= 0.6 is 0 Å². The van der Waals surface area contributed by atoms with Gasteiger partial charge < -0.3 is 20.5 Å². The van der Waals surface area contributed by atoms with Crippen LogP contribution < -0.4 is 20.5 Å². The van der Waals surface area contributed by atoms with Gasteiger partial charge in [0.2, 0.25) is 0 Å². The zero-order valence-electron chi connectivity index (χ0n) is 16.8. The molecule has 32 heavy (non-hydrogen) atoms. The van der Waals surface area contributed by atoms with Crippen molar-refractivity contribution in [1.29, 1.82) is 0 Å². The fourth-order valence-corrected chi connectivity index (χ4v) is 2.76. The lowest BCUT2D eigenvalue weighted by molar-refractivity contribution is -0.141. The average molecular weight is 448 g/mol. The molecular weight excluding hydrogens is 429 g/mol. The van der Waals surface area contributed by atoms with E-state index in [2.05, 4.69) is 10.4 Å². The molecular formula is C21H19F3N4O4. The second-order valence-corrected chi connectivity index (χ2v) is 6.61. The molecule has 0 unspecified atom stereocenters. The smallest absolute Gasteiger partial charge is 0.435 e. The molecule has 3 N–H and O–H groups in total. The predicted molar refractivity (Wildman–Crippen MR) is 107 cm³/mol. The van der Waals surface area contributed by atoms with Gasteiger partial charge in [-0.2, -0.15) is 18.3 Å². The molecule has 1 aromatic heterocycles. The lowest BCUT2D eigenvalue weighted by atomic mass is 10.1. The van der Waals surface area contributed by atoms with Crippen LogP contribution in [0.15, 0.2) is 54.7 Å². The number of nitrogens with one attached hydrogen (secondary N) is 1. The van der Waals surface area contributed by atoms with Gasteiger partial charge in [0.1, 0.15) is 0 Å². The predicted octanol–water partition coefficient (Wildman–Crippen LogP) is 2.69. The first-order valence-electron chi connectivity index (χ1n) is 9.27. The fourth-order valence-electron chi connectivity index (χ4n) is 2.76. The summed E-state index contributed by atoms with van der Waals surface area (Å²) in [5.41, 5.74) is 5.48. The highest BCUT2D eigenvalue weighted by Crippen LogP contribution is 2.29. The Morgan fingerprint density at radius 2 is 1.81 bits per heavy atom. The number of ether oxygens (including phenoxy) is 2. The number of nitrogens with zero attached hydrogens (tertiary/aromatic N) is 2. The summed E-state index contributed by atoms with van der Waals surface area (Å²) in [7, 11) is 1.44. The number of carbonyl (C=O) groups excluding carboxylic acids is 2. The molecule has 0 saturated heterocycles. The maximum Gasteiger partial charge on any atom is 0.435 e. The van der Waals surface area contributed by atoms with E-state index in [4.69, 9.17) is 15.2 Å². The summed E-state index contributed by atoms with van der Waals surface area (Å²) < 4.78 is 49.6. The minimum Gasteiger partial charge on any atom is -0.493 e. The van der Waals surface area contributed by atoms with Crippen molar-refractivity contribution in [3.05, 3.63) is 71.5 Å². The molecule has 11 heteroatoms. The van der Waals surface area contributed by atoms with Crippen molar-refractivity contribution in [1.82, 2.24) is 15.1 Å². The van der Waals surface area contributed by atoms with Crippen molar-refractivity contribution < 1.29 is 32.2 Å². The van der Waals surface area contributed by atoms with E-state index >= 15 is 0 Å². The number of benzene rings is 2. The van der Waals surface area contributed by atoms with Gasteiger partial charge in [0, 0.05) is 18.3 Å². The molecule has 3 aromatic rings. The first kappa shape index (κ1) is 22.7. The Balaban J connectivity index is 1.62. The van der Waals surface area contributed by atoms with Gasteiger partial charge in [0.15, 0.2) is 23.8 Å². The van der Waals surface area contributed by atoms with Gasteiger partial charge in [0.25, 0.3) is 11.8 Å². The summed E-state index contributed by atoms with van der Waals surface area (Å²) in [5.74, 6) is -0.284. The number of alkyl halides is 3. The van der Waals surface area contributed by atoms with E-state index < -0.39 is 17.8 Å². The minimum atomic E-state index is -4.53. The van der Waals surface area contributed by atoms with Gasteiger partial charge in [-0.1, -0.05) is 6.07 Å². The van der Waals surface area contributed by atoms with Crippen molar-refractivity contribution in [2.75, 3.05) is 13.7 Å². The van der Waals surface area contributed by atoms with Crippen molar-refractivity contribution in [2.24, 2.45) is 5.73 Å². The zero-order valence-corrected chi connectivity index (χ0v) is 16.8. The molecule has 0 aliphatic rings. The van der Waals surface area contributed by atoms with Crippen LogP contribution in [0.5, 0.6) is 11.5 Å². The number of aromatic nitrogens is 2. The molecule has 0 radical (unpaired) electrons. The summed E-state index contributed by atoms with van der Waals surface area (Å²) in [6, 6.07) is 11.8. The summed E-state index contributed by atoms with van der Waals surface area (Å²) >= 11 is 0. The SMILES string of the molecule is COc1cc(CNC(=O)c2ccc(-n3ccc(C(F)(F)F)n3)cc2)ccc1OCC(N)=O. The van der Waals surface area contributed by atoms with Gasteiger partial charge in [0.05, 0.1) is 12.8 Å². The topological polar surface area (TPSA) is 108 Å². The van der Waals surface area contributed by atoms with E-state index in [0.29, 0.717) is 22.7 Å². The van der Waals surface area contributed by atoms with Gasteiger partial charge in [-0.15, -0.1) is 0 Å². The van der Waals surface area contributed by atoms with Gasteiger partial charge >= 0.3 is 6.18 Å². The first-order chi connectivity index (χ1) is 15.2. The van der Waals surface area contributed by atoms with Crippen molar-refractivity contribution in [2.45, 2.75) is 12.7 Å². The Bertz CT molecular complexity index is 1110. The van der Waals surface area contributed by atoms with Crippen LogP contribution in [0.2, 0.25) is 0 Å². The van der Waals surface area contributed by atoms with Crippen LogP contribution in [0.1, 0.15) is 21.6 Å². The number of primary amides is 1. The molecule has 168 valence electrons. The third kappa shape index (κ3) is 5.56. The summed E-state index contributed by atoms with van der Waals surface area (Å²) in [4.78, 5) is 23.3. The third-order valence-electron chi connectivity index (χ3n) is 4.32. The Kier molecular flexibility index (Phi) is 6.67. The number of carbonyl (C=O) groups is 2. The quantitative estimate of drug-likeness (QED) is 0.551. The molecule has 0 saturated carbocycles. The van der Waals surface area contributed by atoms with Gasteiger partial charge in [-0.3, -0.25) is 9.59 Å². The second-order valence-electron chi connectivity index (χ2n) is 6.61. The van der Waals surface area contributed by atoms with E-state index in [1.165, 1.54) is 37.6 Å². The van der Waals surface area contributed by atoms with Crippen LogP contribution in [0.25, 0.3) is 5.69 Å². The van der Waals surface area contributed by atoms with Crippen LogP contribution in [-0.4, -0.2) is 35.3 Å². The zero-order chi connectivity index (χ0) is 23.3. The van der Waals surface area contributed by atoms with Crippen LogP contribution in [0, 0.1) is 0 Å². The third-order valence-corrected chi connectivity index (χ3v) is 4.32. The number of halogens is 3. The lowest BCUT2D eigenvalue weighted by Gasteiger charge is -2.12. The maximum absolute atomic E-state index is 12.7. The molecule has 0 spiro atoms. The molecule has 0 bridgehead atoms. The summed E-state index contributed by atoms with van der Waals surface area (Å²) in [5, 5.41) is 6.23. The normalized spacial score (nSPS) is 11.1. The maximum atomic E-state index is 12.7. The number of methoxy groups -OCH3 is 1. The highest BCUT2D eigenvalue weighted by atomic mass is 19.4. The molecule has 1 heterocycles. The summed E-state index contributed by atoms with van der Waals surface area (Å²) in [6.07, 6.45) is -3.33. The Morgan fingerprint density at radius 1 is 1.09 bits per heavy atom. The Hall–Kier alpha value is -4.02. The molecule has 2 aromatic carbocycles. The van der Waals surface area contributed by atoms with E-state index in [1.54, 1.807) is 18.2 Å². The standard InChI is InChI=1S/C21H19F3N4O4/c1-31-17-10-13(2-7-16(17)32-12-19(25)29)11-26-20(30)14-3-5-15(6-4-14)28-9-8-18(27-28)21(22,23)24/h2-10H,11-12H2,1H3,(H2,25,29)(H,26,30). The molecule has 0 aliphatic heterocycles. The summed E-state index contributed by atoms with van der Waals surface area (Å²) in [6.45, 7) is -0.111. The van der Waals surface area contributed by atoms with Crippen molar-refractivity contribution >= 4 is 11.8 Å². The molecule has 0 aliphatic carbocycles. The monoisotopic (exact) mass is 448 g/mol. The van der Waals surface area contributed by atoms with Crippen molar-refractivity contribution in [3.8, 4) is 17.2 Å². The first-order valence-corrected chi connectivity index (χ1v) is 9.27. The van der Waals surface area contributed by atoms with E-state index in [9.17, 15) is 22.8 Å². The largest absolute Gasteiger partial charge is 0.493 e. The lowest BCUT2D eigenvalue weighted by Crippen LogP contribution is -2.23. The Morgan fingerprint density at radius 3 is 2.41 bits per heavy atom. The van der Waals surface area contributed by atoms with Gasteiger partial charge in [-0.05, 0) is 48.0 Å².